The van der Waals surface area contributed by atoms with Crippen LogP contribution in [0.25, 0.3) is 0 Å². The van der Waals surface area contributed by atoms with Gasteiger partial charge in [0.2, 0.25) is 0 Å². The maximum atomic E-state index is 12.0. The van der Waals surface area contributed by atoms with Crippen molar-refractivity contribution in [2.45, 2.75) is 13.8 Å². The maximum Gasteiger partial charge on any atom is 0.313 e. The first kappa shape index (κ1) is 18.3. The van der Waals surface area contributed by atoms with Gasteiger partial charge in [-0.2, -0.15) is 0 Å². The van der Waals surface area contributed by atoms with Crippen molar-refractivity contribution in [1.82, 2.24) is 5.32 Å². The Labute approximate surface area is 147 Å². The van der Waals surface area contributed by atoms with E-state index in [1.807, 2.05) is 32.0 Å². The maximum absolute atomic E-state index is 12.0. The number of anilines is 1. The summed E-state index contributed by atoms with van der Waals surface area (Å²) in [4.78, 5) is 23.8. The van der Waals surface area contributed by atoms with E-state index in [4.69, 9.17) is 9.47 Å². The number of para-hydroxylation sites is 1. The van der Waals surface area contributed by atoms with Crippen molar-refractivity contribution >= 4 is 17.5 Å². The highest BCUT2D eigenvalue weighted by Gasteiger charge is 2.15. The van der Waals surface area contributed by atoms with E-state index in [9.17, 15) is 9.59 Å². The highest BCUT2D eigenvalue weighted by molar-refractivity contribution is 6.39. The quantitative estimate of drug-likeness (QED) is 0.624. The molecule has 6 heteroatoms. The lowest BCUT2D eigenvalue weighted by Crippen LogP contribution is -2.37. The van der Waals surface area contributed by atoms with Crippen molar-refractivity contribution in [1.29, 1.82) is 0 Å². The predicted octanol–water partition coefficient (Wildman–Crippen LogP) is 2.45. The molecule has 0 aliphatic heterocycles. The van der Waals surface area contributed by atoms with Gasteiger partial charge in [0.05, 0.1) is 13.7 Å². The Morgan fingerprint density at radius 1 is 0.920 bits per heavy atom. The molecule has 2 aromatic rings. The van der Waals surface area contributed by atoms with Crippen LogP contribution < -0.4 is 20.1 Å². The van der Waals surface area contributed by atoms with Crippen LogP contribution in [-0.4, -0.2) is 32.1 Å². The van der Waals surface area contributed by atoms with Crippen molar-refractivity contribution in [2.24, 2.45) is 0 Å². The third-order valence-electron chi connectivity index (χ3n) is 3.64. The Morgan fingerprint density at radius 3 is 2.12 bits per heavy atom. The first-order chi connectivity index (χ1) is 12.0. The second-order valence-corrected chi connectivity index (χ2v) is 5.50. The molecule has 0 unspecified atom stereocenters. The molecule has 0 saturated heterocycles. The fraction of sp³-hybridized carbons (Fsp3) is 0.263. The predicted molar refractivity (Wildman–Crippen MR) is 96.0 cm³/mol. The summed E-state index contributed by atoms with van der Waals surface area (Å²) in [5.74, 6) is 0.0155. The van der Waals surface area contributed by atoms with Gasteiger partial charge in [-0.25, -0.2) is 0 Å². The average molecular weight is 342 g/mol. The van der Waals surface area contributed by atoms with Crippen molar-refractivity contribution in [3.8, 4) is 11.5 Å². The van der Waals surface area contributed by atoms with Crippen LogP contribution in [0.3, 0.4) is 0 Å². The van der Waals surface area contributed by atoms with Crippen LogP contribution in [0.4, 0.5) is 5.69 Å². The molecule has 0 fully saturated rings. The highest BCUT2D eigenvalue weighted by Crippen LogP contribution is 2.19. The smallest absolute Gasteiger partial charge is 0.313 e. The van der Waals surface area contributed by atoms with Crippen LogP contribution in [0, 0.1) is 13.8 Å². The van der Waals surface area contributed by atoms with Crippen LogP contribution in [0.5, 0.6) is 11.5 Å². The zero-order chi connectivity index (χ0) is 18.2. The monoisotopic (exact) mass is 342 g/mol. The number of benzene rings is 2. The molecule has 0 radical (unpaired) electrons. The summed E-state index contributed by atoms with van der Waals surface area (Å²) in [6, 6.07) is 12.8. The molecule has 6 nitrogen and oxygen atoms in total. The van der Waals surface area contributed by atoms with Gasteiger partial charge in [0, 0.05) is 5.69 Å². The second-order valence-electron chi connectivity index (χ2n) is 5.50. The molecule has 2 amide bonds. The van der Waals surface area contributed by atoms with Gasteiger partial charge in [0.15, 0.2) is 0 Å². The third-order valence-corrected chi connectivity index (χ3v) is 3.64. The average Bonchev–Trinajstić information content (AvgIpc) is 2.62. The lowest BCUT2D eigenvalue weighted by Gasteiger charge is -2.11. The standard InChI is InChI=1S/C19H22N2O4/c1-13-5-4-6-14(2)17(13)21-19(23)18(22)20-11-12-25-16-9-7-15(24-3)8-10-16/h4-10H,11-12H2,1-3H3,(H,20,22)(H,21,23). The number of hydrogen-bond donors (Lipinski definition) is 2. The number of hydrogen-bond acceptors (Lipinski definition) is 4. The molecule has 0 aliphatic carbocycles. The topological polar surface area (TPSA) is 76.7 Å². The molecule has 0 heterocycles. The van der Waals surface area contributed by atoms with E-state index in [1.165, 1.54) is 0 Å². The lowest BCUT2D eigenvalue weighted by atomic mass is 10.1. The number of carbonyl (C=O) groups excluding carboxylic acids is 2. The Hall–Kier alpha value is -3.02. The van der Waals surface area contributed by atoms with Crippen LogP contribution in [0.2, 0.25) is 0 Å². The first-order valence-corrected chi connectivity index (χ1v) is 7.93. The normalized spacial score (nSPS) is 10.0. The van der Waals surface area contributed by atoms with Crippen molar-refractivity contribution in [3.63, 3.8) is 0 Å². The van der Waals surface area contributed by atoms with Crippen LogP contribution >= 0.6 is 0 Å². The van der Waals surface area contributed by atoms with Gasteiger partial charge >= 0.3 is 11.8 Å². The summed E-state index contributed by atoms with van der Waals surface area (Å²) in [5.41, 5.74) is 2.48. The van der Waals surface area contributed by atoms with Gasteiger partial charge in [0.25, 0.3) is 0 Å². The zero-order valence-electron chi connectivity index (χ0n) is 14.6. The Balaban J connectivity index is 1.76. The van der Waals surface area contributed by atoms with Gasteiger partial charge in [-0.15, -0.1) is 0 Å². The number of nitrogens with one attached hydrogen (secondary N) is 2. The molecule has 0 aliphatic rings. The molecule has 2 N–H and O–H groups in total. The molecule has 2 aromatic carbocycles. The molecular formula is C19H22N2O4. The van der Waals surface area contributed by atoms with Crippen molar-refractivity contribution in [2.75, 3.05) is 25.6 Å². The third kappa shape index (κ3) is 5.24. The van der Waals surface area contributed by atoms with Crippen LogP contribution in [-0.2, 0) is 9.59 Å². The summed E-state index contributed by atoms with van der Waals surface area (Å²) >= 11 is 0. The SMILES string of the molecule is COc1ccc(OCCNC(=O)C(=O)Nc2c(C)cccc2C)cc1. The van der Waals surface area contributed by atoms with E-state index in [2.05, 4.69) is 10.6 Å². The second kappa shape index (κ2) is 8.73. The Kier molecular flexibility index (Phi) is 6.39. The lowest BCUT2D eigenvalue weighted by molar-refractivity contribution is -0.136. The van der Waals surface area contributed by atoms with E-state index < -0.39 is 11.8 Å². The first-order valence-electron chi connectivity index (χ1n) is 7.93. The summed E-state index contributed by atoms with van der Waals surface area (Å²) in [6.45, 7) is 4.24. The number of carbonyl (C=O) groups is 2. The van der Waals surface area contributed by atoms with Gasteiger partial charge in [-0.3, -0.25) is 9.59 Å². The largest absolute Gasteiger partial charge is 0.497 e. The van der Waals surface area contributed by atoms with E-state index in [0.29, 0.717) is 11.4 Å². The molecule has 0 aromatic heterocycles. The van der Waals surface area contributed by atoms with Gasteiger partial charge in [0.1, 0.15) is 18.1 Å². The van der Waals surface area contributed by atoms with E-state index >= 15 is 0 Å². The van der Waals surface area contributed by atoms with Gasteiger partial charge in [-0.05, 0) is 49.2 Å². The van der Waals surface area contributed by atoms with Crippen LogP contribution in [0.1, 0.15) is 11.1 Å². The number of methoxy groups -OCH3 is 1. The summed E-state index contributed by atoms with van der Waals surface area (Å²) in [6.07, 6.45) is 0. The zero-order valence-corrected chi connectivity index (χ0v) is 14.6. The molecule has 0 saturated carbocycles. The minimum atomic E-state index is -0.694. The molecular weight excluding hydrogens is 320 g/mol. The van der Waals surface area contributed by atoms with Crippen molar-refractivity contribution < 1.29 is 19.1 Å². The summed E-state index contributed by atoms with van der Waals surface area (Å²) < 4.78 is 10.6. The summed E-state index contributed by atoms with van der Waals surface area (Å²) in [5, 5.41) is 5.18. The van der Waals surface area contributed by atoms with Gasteiger partial charge < -0.3 is 20.1 Å². The molecule has 2 rings (SSSR count). The van der Waals surface area contributed by atoms with Crippen LogP contribution in [0.15, 0.2) is 42.5 Å². The van der Waals surface area contributed by atoms with Crippen molar-refractivity contribution in [3.05, 3.63) is 53.6 Å². The number of amides is 2. The van der Waals surface area contributed by atoms with E-state index in [0.717, 1.165) is 16.9 Å². The Morgan fingerprint density at radius 2 is 1.52 bits per heavy atom. The highest BCUT2D eigenvalue weighted by atomic mass is 16.5. The van der Waals surface area contributed by atoms with E-state index in [-0.39, 0.29) is 13.2 Å². The minimum Gasteiger partial charge on any atom is -0.497 e. The fourth-order valence-electron chi connectivity index (χ4n) is 2.27. The Bertz CT molecular complexity index is 721. The minimum absolute atomic E-state index is 0.227. The summed E-state index contributed by atoms with van der Waals surface area (Å²) in [7, 11) is 1.59. The number of rotatable bonds is 6. The molecule has 0 spiro atoms. The molecule has 0 bridgehead atoms. The fourth-order valence-corrected chi connectivity index (χ4v) is 2.27. The van der Waals surface area contributed by atoms with Gasteiger partial charge in [-0.1, -0.05) is 18.2 Å². The molecule has 132 valence electrons. The molecule has 25 heavy (non-hydrogen) atoms. The number of aryl methyl sites for hydroxylation is 2. The molecule has 0 atom stereocenters. The van der Waals surface area contributed by atoms with E-state index in [1.54, 1.807) is 31.4 Å². The number of ether oxygens (including phenoxy) is 2.